The van der Waals surface area contributed by atoms with Gasteiger partial charge in [0.05, 0.1) is 0 Å². The summed E-state index contributed by atoms with van der Waals surface area (Å²) < 4.78 is 28.6. The van der Waals surface area contributed by atoms with E-state index in [2.05, 4.69) is 28.8 Å². The Morgan fingerprint density at radius 2 is 1.95 bits per heavy atom. The molecule has 1 aliphatic heterocycles. The summed E-state index contributed by atoms with van der Waals surface area (Å²) in [5.74, 6) is 0.772. The van der Waals surface area contributed by atoms with Crippen molar-refractivity contribution < 1.29 is 13.5 Å². The van der Waals surface area contributed by atoms with Gasteiger partial charge in [0.1, 0.15) is 5.75 Å². The molecular weight excluding hydrogens is 262 g/mol. The second kappa shape index (κ2) is 6.88. The zero-order chi connectivity index (χ0) is 14.5. The van der Waals surface area contributed by atoms with E-state index in [9.17, 15) is 8.78 Å². The number of benzene rings is 1. The first-order valence-corrected chi connectivity index (χ1v) is 7.09. The third-order valence-corrected chi connectivity index (χ3v) is 3.66. The summed E-state index contributed by atoms with van der Waals surface area (Å²) in [5, 5.41) is 3.55. The van der Waals surface area contributed by atoms with E-state index in [1.807, 2.05) is 12.1 Å². The van der Waals surface area contributed by atoms with Gasteiger partial charge < -0.3 is 15.0 Å². The molecule has 20 heavy (non-hydrogen) atoms. The molecule has 0 spiro atoms. The van der Waals surface area contributed by atoms with Crippen molar-refractivity contribution in [2.24, 2.45) is 5.92 Å². The molecule has 1 fully saturated rings. The number of alkyl halides is 2. The normalized spacial score (nSPS) is 20.3. The van der Waals surface area contributed by atoms with Gasteiger partial charge in [0.25, 0.3) is 0 Å². The number of rotatable bonds is 4. The van der Waals surface area contributed by atoms with Crippen LogP contribution in [0.4, 0.5) is 14.5 Å². The largest absolute Gasteiger partial charge is 0.435 e. The van der Waals surface area contributed by atoms with E-state index in [1.54, 1.807) is 12.1 Å². The maximum Gasteiger partial charge on any atom is 0.387 e. The molecule has 1 unspecified atom stereocenters. The van der Waals surface area contributed by atoms with E-state index in [1.165, 1.54) is 0 Å². The standard InChI is InChI=1S/C15H22F2N2O/c1-11(2)14-10-19(9-3-8-18-14)12-4-6-13(7-5-12)20-15(16)17/h4-7,11,14-15,18H,3,8-10H2,1-2H3. The average molecular weight is 284 g/mol. The minimum atomic E-state index is -2.77. The van der Waals surface area contributed by atoms with Crippen LogP contribution in [0.25, 0.3) is 0 Å². The number of anilines is 1. The fraction of sp³-hybridized carbons (Fsp3) is 0.600. The molecule has 1 N–H and O–H groups in total. The van der Waals surface area contributed by atoms with Crippen LogP contribution in [-0.2, 0) is 0 Å². The minimum absolute atomic E-state index is 0.206. The van der Waals surface area contributed by atoms with Crippen molar-refractivity contribution in [3.8, 4) is 5.75 Å². The van der Waals surface area contributed by atoms with Crippen molar-refractivity contribution in [2.45, 2.75) is 32.9 Å². The molecule has 5 heteroatoms. The summed E-state index contributed by atoms with van der Waals surface area (Å²) in [4.78, 5) is 2.30. The fourth-order valence-corrected chi connectivity index (χ4v) is 2.47. The molecule has 112 valence electrons. The van der Waals surface area contributed by atoms with Gasteiger partial charge in [-0.05, 0) is 43.1 Å². The molecule has 2 rings (SSSR count). The SMILES string of the molecule is CC(C)C1CN(c2ccc(OC(F)F)cc2)CCCN1. The highest BCUT2D eigenvalue weighted by atomic mass is 19.3. The van der Waals surface area contributed by atoms with E-state index in [-0.39, 0.29) is 5.75 Å². The minimum Gasteiger partial charge on any atom is -0.435 e. The van der Waals surface area contributed by atoms with Crippen LogP contribution in [0.5, 0.6) is 5.75 Å². The number of hydrogen-bond donors (Lipinski definition) is 1. The van der Waals surface area contributed by atoms with Crippen molar-refractivity contribution in [3.05, 3.63) is 24.3 Å². The van der Waals surface area contributed by atoms with Gasteiger partial charge in [-0.1, -0.05) is 13.8 Å². The lowest BCUT2D eigenvalue weighted by atomic mass is 10.0. The monoisotopic (exact) mass is 284 g/mol. The van der Waals surface area contributed by atoms with Gasteiger partial charge in [0.15, 0.2) is 0 Å². The van der Waals surface area contributed by atoms with Gasteiger partial charge in [-0.25, -0.2) is 0 Å². The first-order valence-electron chi connectivity index (χ1n) is 7.09. The van der Waals surface area contributed by atoms with E-state index < -0.39 is 6.61 Å². The molecule has 0 aliphatic carbocycles. The molecule has 1 aromatic rings. The van der Waals surface area contributed by atoms with Crippen LogP contribution in [-0.4, -0.2) is 32.3 Å². The molecule has 1 aliphatic rings. The van der Waals surface area contributed by atoms with Crippen LogP contribution >= 0.6 is 0 Å². The summed E-state index contributed by atoms with van der Waals surface area (Å²) in [6.45, 7) is 4.58. The van der Waals surface area contributed by atoms with Gasteiger partial charge in [0, 0.05) is 24.8 Å². The maximum atomic E-state index is 12.1. The van der Waals surface area contributed by atoms with E-state index in [0.717, 1.165) is 31.7 Å². The fourth-order valence-electron chi connectivity index (χ4n) is 2.47. The first kappa shape index (κ1) is 15.0. The summed E-state index contributed by atoms with van der Waals surface area (Å²) in [5.41, 5.74) is 1.06. The number of ether oxygens (including phenoxy) is 1. The molecule has 1 aromatic carbocycles. The third-order valence-electron chi connectivity index (χ3n) is 3.66. The maximum absolute atomic E-state index is 12.1. The van der Waals surface area contributed by atoms with Crippen molar-refractivity contribution >= 4 is 5.69 Å². The predicted molar refractivity (Wildman–Crippen MR) is 76.5 cm³/mol. The number of nitrogens with one attached hydrogen (secondary N) is 1. The first-order chi connectivity index (χ1) is 9.56. The molecule has 0 amide bonds. The third kappa shape index (κ3) is 4.07. The zero-order valence-electron chi connectivity index (χ0n) is 12.0. The summed E-state index contributed by atoms with van der Waals surface area (Å²) in [6, 6.07) is 7.35. The van der Waals surface area contributed by atoms with Crippen molar-refractivity contribution in [1.82, 2.24) is 5.32 Å². The Balaban J connectivity index is 2.05. The zero-order valence-corrected chi connectivity index (χ0v) is 12.0. The second-order valence-corrected chi connectivity index (χ2v) is 5.48. The lowest BCUT2D eigenvalue weighted by Crippen LogP contribution is -2.41. The van der Waals surface area contributed by atoms with Gasteiger partial charge in [-0.15, -0.1) is 0 Å². The van der Waals surface area contributed by atoms with Crippen molar-refractivity contribution in [1.29, 1.82) is 0 Å². The van der Waals surface area contributed by atoms with Gasteiger partial charge in [-0.2, -0.15) is 8.78 Å². The molecule has 1 atom stereocenters. The summed E-state index contributed by atoms with van der Waals surface area (Å²) in [7, 11) is 0. The van der Waals surface area contributed by atoms with Gasteiger partial charge >= 0.3 is 6.61 Å². The molecule has 3 nitrogen and oxygen atoms in total. The van der Waals surface area contributed by atoms with Crippen molar-refractivity contribution in [2.75, 3.05) is 24.5 Å². The molecule has 0 aromatic heterocycles. The Kier molecular flexibility index (Phi) is 5.17. The smallest absolute Gasteiger partial charge is 0.387 e. The molecule has 1 heterocycles. The topological polar surface area (TPSA) is 24.5 Å². The second-order valence-electron chi connectivity index (χ2n) is 5.48. The Morgan fingerprint density at radius 3 is 2.55 bits per heavy atom. The number of nitrogens with zero attached hydrogens (tertiary/aromatic N) is 1. The van der Waals surface area contributed by atoms with E-state index >= 15 is 0 Å². The Bertz CT molecular complexity index is 409. The lowest BCUT2D eigenvalue weighted by Gasteiger charge is -2.28. The number of halogens is 2. The molecule has 1 saturated heterocycles. The highest BCUT2D eigenvalue weighted by molar-refractivity contribution is 5.49. The van der Waals surface area contributed by atoms with E-state index in [0.29, 0.717) is 12.0 Å². The lowest BCUT2D eigenvalue weighted by molar-refractivity contribution is -0.0498. The molecule has 0 radical (unpaired) electrons. The Morgan fingerprint density at radius 1 is 1.25 bits per heavy atom. The highest BCUT2D eigenvalue weighted by Gasteiger charge is 2.20. The quantitative estimate of drug-likeness (QED) is 0.919. The van der Waals surface area contributed by atoms with E-state index in [4.69, 9.17) is 0 Å². The highest BCUT2D eigenvalue weighted by Crippen LogP contribution is 2.22. The van der Waals surface area contributed by atoms with Crippen LogP contribution in [0.15, 0.2) is 24.3 Å². The van der Waals surface area contributed by atoms with Crippen LogP contribution in [0.1, 0.15) is 20.3 Å². The molecule has 0 saturated carbocycles. The molecular formula is C15H22F2N2O. The average Bonchev–Trinajstić information content (AvgIpc) is 2.65. The summed E-state index contributed by atoms with van der Waals surface area (Å²) >= 11 is 0. The van der Waals surface area contributed by atoms with Crippen molar-refractivity contribution in [3.63, 3.8) is 0 Å². The number of hydrogen-bond acceptors (Lipinski definition) is 3. The van der Waals surface area contributed by atoms with Gasteiger partial charge in [-0.3, -0.25) is 0 Å². The van der Waals surface area contributed by atoms with Gasteiger partial charge in [0.2, 0.25) is 0 Å². The predicted octanol–water partition coefficient (Wildman–Crippen LogP) is 3.11. The van der Waals surface area contributed by atoms with Crippen LogP contribution in [0.2, 0.25) is 0 Å². The Hall–Kier alpha value is -1.36. The van der Waals surface area contributed by atoms with Crippen LogP contribution in [0.3, 0.4) is 0 Å². The summed E-state index contributed by atoms with van der Waals surface area (Å²) in [6.07, 6.45) is 1.08. The Labute approximate surface area is 118 Å². The molecule has 0 bridgehead atoms. The van der Waals surface area contributed by atoms with Crippen LogP contribution in [0, 0.1) is 5.92 Å². The van der Waals surface area contributed by atoms with Crippen LogP contribution < -0.4 is 15.0 Å².